The minimum atomic E-state index is -0.819. The fraction of sp³-hybridized carbons (Fsp3) is 0.292. The zero-order valence-corrected chi connectivity index (χ0v) is 18.6. The van der Waals surface area contributed by atoms with E-state index in [0.717, 1.165) is 0 Å². The molecule has 3 aromatic rings. The molecule has 1 heterocycles. The van der Waals surface area contributed by atoms with Gasteiger partial charge in [0.1, 0.15) is 0 Å². The predicted molar refractivity (Wildman–Crippen MR) is 124 cm³/mol. The number of hydrogen-bond acceptors (Lipinski definition) is 6. The second-order valence-electron chi connectivity index (χ2n) is 7.95. The Morgan fingerprint density at radius 2 is 1.67 bits per heavy atom. The molecule has 1 aromatic heterocycles. The summed E-state index contributed by atoms with van der Waals surface area (Å²) in [6.07, 6.45) is -0.0407. The van der Waals surface area contributed by atoms with E-state index < -0.39 is 24.4 Å². The molecule has 0 saturated carbocycles. The van der Waals surface area contributed by atoms with Crippen molar-refractivity contribution in [2.24, 2.45) is 11.7 Å². The van der Waals surface area contributed by atoms with Gasteiger partial charge in [-0.25, -0.2) is 9.48 Å². The number of amides is 2. The summed E-state index contributed by atoms with van der Waals surface area (Å²) in [5, 5.41) is 4.93. The van der Waals surface area contributed by atoms with Crippen LogP contribution in [0.15, 0.2) is 59.4 Å². The van der Waals surface area contributed by atoms with E-state index in [9.17, 15) is 19.2 Å². The van der Waals surface area contributed by atoms with Gasteiger partial charge >= 0.3 is 5.97 Å². The maximum absolute atomic E-state index is 12.9. The van der Waals surface area contributed by atoms with Crippen molar-refractivity contribution in [1.29, 1.82) is 0 Å². The highest BCUT2D eigenvalue weighted by molar-refractivity contribution is 6.03. The minimum absolute atomic E-state index is 0.0398. The number of carbonyl (C=O) groups excluding carboxylic acids is 3. The van der Waals surface area contributed by atoms with Crippen molar-refractivity contribution in [3.63, 3.8) is 0 Å². The van der Waals surface area contributed by atoms with Gasteiger partial charge in [-0.2, -0.15) is 5.10 Å². The Kier molecular flexibility index (Phi) is 7.55. The van der Waals surface area contributed by atoms with Crippen LogP contribution in [0.4, 0.5) is 5.69 Å². The molecule has 0 spiro atoms. The van der Waals surface area contributed by atoms with Gasteiger partial charge in [0.05, 0.1) is 5.39 Å². The summed E-state index contributed by atoms with van der Waals surface area (Å²) < 4.78 is 6.53. The molecule has 0 aliphatic heterocycles. The van der Waals surface area contributed by atoms with Crippen LogP contribution in [-0.2, 0) is 20.9 Å². The van der Waals surface area contributed by atoms with Gasteiger partial charge in [-0.3, -0.25) is 14.4 Å². The molecule has 0 aliphatic rings. The number of aromatic nitrogens is 2. The molecule has 2 aromatic carbocycles. The highest BCUT2D eigenvalue weighted by Crippen LogP contribution is 2.17. The summed E-state index contributed by atoms with van der Waals surface area (Å²) in [4.78, 5) is 51.0. The molecule has 0 radical (unpaired) electrons. The molecule has 2 N–H and O–H groups in total. The number of carbonyl (C=O) groups is 3. The van der Waals surface area contributed by atoms with Crippen molar-refractivity contribution < 1.29 is 19.1 Å². The lowest BCUT2D eigenvalue weighted by Crippen LogP contribution is -2.37. The van der Waals surface area contributed by atoms with Crippen molar-refractivity contribution in [3.8, 4) is 0 Å². The van der Waals surface area contributed by atoms with Crippen LogP contribution in [-0.4, -0.2) is 40.7 Å². The number of primary amides is 1. The number of ether oxygens (including phenoxy) is 1. The summed E-state index contributed by atoms with van der Waals surface area (Å²) >= 11 is 0. The third-order valence-electron chi connectivity index (χ3n) is 4.88. The molecule has 0 fully saturated rings. The maximum Gasteiger partial charge on any atom is 0.359 e. The maximum atomic E-state index is 12.9. The number of nitrogens with two attached hydrogens (primary N) is 1. The van der Waals surface area contributed by atoms with E-state index in [4.69, 9.17) is 10.5 Å². The van der Waals surface area contributed by atoms with Crippen LogP contribution >= 0.6 is 0 Å². The van der Waals surface area contributed by atoms with Gasteiger partial charge in [-0.1, -0.05) is 50.2 Å². The van der Waals surface area contributed by atoms with Gasteiger partial charge in [0.25, 0.3) is 11.5 Å². The Hall–Kier alpha value is -4.01. The molecule has 0 saturated heterocycles. The molecule has 0 atom stereocenters. The Morgan fingerprint density at radius 3 is 2.30 bits per heavy atom. The first-order chi connectivity index (χ1) is 15.8. The standard InChI is InChI=1S/C24H26N4O5/c1-16(2)14-28-23(31)19-11-7-6-10-18(19)22(26-28)24(32)33-15-21(30)27(13-12-20(25)29)17-8-4-3-5-9-17/h3-11,16H,12-15H2,1-2H3,(H2,25,29). The van der Waals surface area contributed by atoms with E-state index in [1.165, 1.54) is 9.58 Å². The largest absolute Gasteiger partial charge is 0.451 e. The molecule has 3 rings (SSSR count). The first kappa shape index (κ1) is 23.6. The lowest BCUT2D eigenvalue weighted by molar-refractivity contribution is -0.121. The van der Waals surface area contributed by atoms with Crippen LogP contribution in [0.2, 0.25) is 0 Å². The van der Waals surface area contributed by atoms with E-state index in [2.05, 4.69) is 5.10 Å². The third-order valence-corrected chi connectivity index (χ3v) is 4.88. The second kappa shape index (κ2) is 10.5. The van der Waals surface area contributed by atoms with E-state index >= 15 is 0 Å². The van der Waals surface area contributed by atoms with Gasteiger partial charge in [-0.05, 0) is 24.1 Å². The Morgan fingerprint density at radius 1 is 1.03 bits per heavy atom. The molecule has 0 unspecified atom stereocenters. The highest BCUT2D eigenvalue weighted by Gasteiger charge is 2.22. The molecular weight excluding hydrogens is 424 g/mol. The molecule has 33 heavy (non-hydrogen) atoms. The average Bonchev–Trinajstić information content (AvgIpc) is 2.79. The monoisotopic (exact) mass is 450 g/mol. The molecule has 0 bridgehead atoms. The van der Waals surface area contributed by atoms with Crippen molar-refractivity contribution in [2.75, 3.05) is 18.1 Å². The number of anilines is 1. The second-order valence-corrected chi connectivity index (χ2v) is 7.95. The van der Waals surface area contributed by atoms with Crippen molar-refractivity contribution in [2.45, 2.75) is 26.8 Å². The molecule has 9 nitrogen and oxygen atoms in total. The molecule has 172 valence electrons. The van der Waals surface area contributed by atoms with E-state index in [-0.39, 0.29) is 30.1 Å². The molecule has 9 heteroatoms. The van der Waals surface area contributed by atoms with Crippen LogP contribution in [0.1, 0.15) is 30.8 Å². The SMILES string of the molecule is CC(C)Cn1nc(C(=O)OCC(=O)N(CCC(N)=O)c2ccccc2)c2ccccc2c1=O. The zero-order chi connectivity index (χ0) is 24.0. The summed E-state index contributed by atoms with van der Waals surface area (Å²) in [5.74, 6) is -1.76. The highest BCUT2D eigenvalue weighted by atomic mass is 16.5. The number of nitrogens with zero attached hydrogens (tertiary/aromatic N) is 3. The number of rotatable bonds is 9. The Labute approximate surface area is 190 Å². The number of esters is 1. The first-order valence-corrected chi connectivity index (χ1v) is 10.6. The Bertz CT molecular complexity index is 1220. The van der Waals surface area contributed by atoms with E-state index in [1.54, 1.807) is 54.6 Å². The lowest BCUT2D eigenvalue weighted by Gasteiger charge is -2.22. The third kappa shape index (κ3) is 5.82. The number of para-hydroxylation sites is 1. The van der Waals surface area contributed by atoms with Gasteiger partial charge in [0.2, 0.25) is 5.91 Å². The normalized spacial score (nSPS) is 10.9. The molecule has 2 amide bonds. The molecule has 0 aliphatic carbocycles. The van der Waals surface area contributed by atoms with Crippen LogP contribution in [0.5, 0.6) is 0 Å². The van der Waals surface area contributed by atoms with Crippen LogP contribution < -0.4 is 16.2 Å². The summed E-state index contributed by atoms with van der Waals surface area (Å²) in [6.45, 7) is 3.69. The van der Waals surface area contributed by atoms with E-state index in [0.29, 0.717) is 23.0 Å². The number of benzene rings is 2. The smallest absolute Gasteiger partial charge is 0.359 e. The summed E-state index contributed by atoms with van der Waals surface area (Å²) in [5.41, 5.74) is 5.44. The van der Waals surface area contributed by atoms with E-state index in [1.807, 2.05) is 13.8 Å². The summed E-state index contributed by atoms with van der Waals surface area (Å²) in [6, 6.07) is 15.3. The fourth-order valence-corrected chi connectivity index (χ4v) is 3.36. The number of fused-ring (bicyclic) bond motifs is 1. The van der Waals surface area contributed by atoms with Gasteiger partial charge in [0.15, 0.2) is 12.3 Å². The molecular formula is C24H26N4O5. The van der Waals surface area contributed by atoms with Gasteiger partial charge in [0, 0.05) is 30.6 Å². The van der Waals surface area contributed by atoms with Gasteiger partial charge < -0.3 is 15.4 Å². The Balaban J connectivity index is 1.84. The van der Waals surface area contributed by atoms with Crippen molar-refractivity contribution in [3.05, 3.63) is 70.6 Å². The van der Waals surface area contributed by atoms with Crippen LogP contribution in [0.3, 0.4) is 0 Å². The van der Waals surface area contributed by atoms with Gasteiger partial charge in [-0.15, -0.1) is 0 Å². The number of hydrogen-bond donors (Lipinski definition) is 1. The quantitative estimate of drug-likeness (QED) is 0.498. The summed E-state index contributed by atoms with van der Waals surface area (Å²) in [7, 11) is 0. The topological polar surface area (TPSA) is 125 Å². The van der Waals surface area contributed by atoms with Crippen LogP contribution in [0, 0.1) is 5.92 Å². The zero-order valence-electron chi connectivity index (χ0n) is 18.6. The van der Waals surface area contributed by atoms with Crippen LogP contribution in [0.25, 0.3) is 10.8 Å². The lowest BCUT2D eigenvalue weighted by atomic mass is 10.1. The minimum Gasteiger partial charge on any atom is -0.451 e. The van der Waals surface area contributed by atoms with Crippen molar-refractivity contribution in [1.82, 2.24) is 9.78 Å². The predicted octanol–water partition coefficient (Wildman–Crippen LogP) is 2.12. The van der Waals surface area contributed by atoms with Crippen molar-refractivity contribution >= 4 is 34.2 Å². The average molecular weight is 450 g/mol. The fourth-order valence-electron chi connectivity index (χ4n) is 3.36. The first-order valence-electron chi connectivity index (χ1n) is 10.6.